The SMILES string of the molecule is CN(CCOc1ccccc1F)S(=O)(=O)c1ccc2oc(=O)ccc2c1. The molecule has 0 amide bonds. The molecule has 0 aliphatic carbocycles. The van der Waals surface area contributed by atoms with Crippen molar-refractivity contribution in [2.24, 2.45) is 0 Å². The quantitative estimate of drug-likeness (QED) is 0.617. The maximum absolute atomic E-state index is 13.5. The molecule has 0 unspecified atom stereocenters. The van der Waals surface area contributed by atoms with E-state index in [4.69, 9.17) is 9.15 Å². The fraction of sp³-hybridized carbons (Fsp3) is 0.167. The molecule has 0 spiro atoms. The second-order valence-electron chi connectivity index (χ2n) is 5.56. The van der Waals surface area contributed by atoms with Crippen LogP contribution in [0, 0.1) is 5.82 Å². The van der Waals surface area contributed by atoms with Crippen molar-refractivity contribution in [2.45, 2.75) is 4.90 Å². The number of halogens is 1. The lowest BCUT2D eigenvalue weighted by Crippen LogP contribution is -2.31. The molecule has 136 valence electrons. The minimum Gasteiger partial charge on any atom is -0.489 e. The second-order valence-corrected chi connectivity index (χ2v) is 7.60. The van der Waals surface area contributed by atoms with Gasteiger partial charge in [0.05, 0.1) is 4.90 Å². The molecule has 3 rings (SSSR count). The number of sulfonamides is 1. The van der Waals surface area contributed by atoms with Crippen LogP contribution in [0.1, 0.15) is 0 Å². The normalized spacial score (nSPS) is 11.8. The third-order valence-electron chi connectivity index (χ3n) is 3.80. The lowest BCUT2D eigenvalue weighted by molar-refractivity contribution is 0.275. The van der Waals surface area contributed by atoms with Gasteiger partial charge in [0.15, 0.2) is 11.6 Å². The van der Waals surface area contributed by atoms with Gasteiger partial charge in [0.1, 0.15) is 12.2 Å². The van der Waals surface area contributed by atoms with Crippen LogP contribution in [-0.2, 0) is 10.0 Å². The zero-order valence-corrected chi connectivity index (χ0v) is 14.7. The number of hydrogen-bond donors (Lipinski definition) is 0. The number of fused-ring (bicyclic) bond motifs is 1. The Bertz CT molecular complexity index is 1090. The molecule has 8 heteroatoms. The lowest BCUT2D eigenvalue weighted by Gasteiger charge is -2.18. The number of ether oxygens (including phenoxy) is 1. The molecule has 26 heavy (non-hydrogen) atoms. The zero-order chi connectivity index (χ0) is 18.7. The molecule has 1 aromatic heterocycles. The number of hydrogen-bond acceptors (Lipinski definition) is 5. The molecule has 0 fully saturated rings. The van der Waals surface area contributed by atoms with Crippen LogP contribution in [0.2, 0.25) is 0 Å². The highest BCUT2D eigenvalue weighted by atomic mass is 32.2. The van der Waals surface area contributed by atoms with Gasteiger partial charge in [-0.1, -0.05) is 12.1 Å². The highest BCUT2D eigenvalue weighted by Crippen LogP contribution is 2.21. The smallest absolute Gasteiger partial charge is 0.336 e. The largest absolute Gasteiger partial charge is 0.489 e. The van der Waals surface area contributed by atoms with Crippen LogP contribution < -0.4 is 10.4 Å². The molecule has 6 nitrogen and oxygen atoms in total. The number of para-hydroxylation sites is 1. The molecular weight excluding hydrogens is 361 g/mol. The molecule has 0 atom stereocenters. The van der Waals surface area contributed by atoms with Crippen LogP contribution >= 0.6 is 0 Å². The van der Waals surface area contributed by atoms with Crippen molar-refractivity contribution in [3.63, 3.8) is 0 Å². The van der Waals surface area contributed by atoms with E-state index < -0.39 is 21.5 Å². The molecule has 0 bridgehead atoms. The maximum atomic E-state index is 13.5. The van der Waals surface area contributed by atoms with E-state index >= 15 is 0 Å². The Labute approximate surface area is 149 Å². The van der Waals surface area contributed by atoms with Crippen LogP contribution in [-0.4, -0.2) is 32.9 Å². The van der Waals surface area contributed by atoms with Gasteiger partial charge < -0.3 is 9.15 Å². The number of likely N-dealkylation sites (N-methyl/N-ethyl adjacent to an activating group) is 1. The molecule has 2 aromatic carbocycles. The number of rotatable bonds is 6. The van der Waals surface area contributed by atoms with E-state index in [-0.39, 0.29) is 23.8 Å². The molecule has 0 aliphatic heterocycles. The van der Waals surface area contributed by atoms with Crippen molar-refractivity contribution >= 4 is 21.0 Å². The summed E-state index contributed by atoms with van der Waals surface area (Å²) in [5, 5.41) is 0.502. The first-order valence-corrected chi connectivity index (χ1v) is 9.19. The minimum atomic E-state index is -3.77. The third kappa shape index (κ3) is 3.76. The van der Waals surface area contributed by atoms with Gasteiger partial charge in [0.25, 0.3) is 0 Å². The highest BCUT2D eigenvalue weighted by Gasteiger charge is 2.21. The van der Waals surface area contributed by atoms with Crippen molar-refractivity contribution in [3.8, 4) is 5.75 Å². The zero-order valence-electron chi connectivity index (χ0n) is 13.9. The van der Waals surface area contributed by atoms with Crippen molar-refractivity contribution in [2.75, 3.05) is 20.2 Å². The topological polar surface area (TPSA) is 76.8 Å². The maximum Gasteiger partial charge on any atom is 0.336 e. The molecule has 0 N–H and O–H groups in total. The van der Waals surface area contributed by atoms with Crippen molar-refractivity contribution in [3.05, 3.63) is 70.8 Å². The first kappa shape index (κ1) is 18.1. The van der Waals surface area contributed by atoms with E-state index in [9.17, 15) is 17.6 Å². The average molecular weight is 377 g/mol. The van der Waals surface area contributed by atoms with E-state index in [1.807, 2.05) is 0 Å². The monoisotopic (exact) mass is 377 g/mol. The summed E-state index contributed by atoms with van der Waals surface area (Å²) in [6, 6.07) is 12.9. The Hall–Kier alpha value is -2.71. The number of nitrogens with zero attached hydrogens (tertiary/aromatic N) is 1. The molecule has 1 heterocycles. The summed E-state index contributed by atoms with van der Waals surface area (Å²) >= 11 is 0. The van der Waals surface area contributed by atoms with Crippen LogP contribution in [0.3, 0.4) is 0 Å². The first-order chi connectivity index (χ1) is 12.4. The van der Waals surface area contributed by atoms with Crippen LogP contribution in [0.25, 0.3) is 11.0 Å². The van der Waals surface area contributed by atoms with Gasteiger partial charge in [-0.3, -0.25) is 0 Å². The van der Waals surface area contributed by atoms with Crippen LogP contribution in [0.15, 0.2) is 68.7 Å². The Morgan fingerprint density at radius 3 is 2.65 bits per heavy atom. The molecule has 0 aliphatic rings. The van der Waals surface area contributed by atoms with Crippen LogP contribution in [0.4, 0.5) is 4.39 Å². The van der Waals surface area contributed by atoms with Gasteiger partial charge in [-0.2, -0.15) is 4.31 Å². The fourth-order valence-corrected chi connectivity index (χ4v) is 3.55. The summed E-state index contributed by atoms with van der Waals surface area (Å²) in [7, 11) is -2.35. The van der Waals surface area contributed by atoms with E-state index in [1.54, 1.807) is 12.1 Å². The summed E-state index contributed by atoms with van der Waals surface area (Å²) in [5.74, 6) is -0.437. The van der Waals surface area contributed by atoms with E-state index in [0.717, 1.165) is 4.31 Å². The summed E-state index contributed by atoms with van der Waals surface area (Å²) in [4.78, 5) is 11.3. The van der Waals surface area contributed by atoms with Gasteiger partial charge in [-0.05, 0) is 36.4 Å². The van der Waals surface area contributed by atoms with Gasteiger partial charge in [-0.15, -0.1) is 0 Å². The summed E-state index contributed by atoms with van der Waals surface area (Å²) in [5.41, 5.74) is -0.197. The Morgan fingerprint density at radius 2 is 1.88 bits per heavy atom. The molecule has 0 radical (unpaired) electrons. The highest BCUT2D eigenvalue weighted by molar-refractivity contribution is 7.89. The van der Waals surface area contributed by atoms with Crippen molar-refractivity contribution in [1.29, 1.82) is 0 Å². The fourth-order valence-electron chi connectivity index (χ4n) is 2.36. The van der Waals surface area contributed by atoms with Gasteiger partial charge in [0.2, 0.25) is 10.0 Å². The number of benzene rings is 2. The molecule has 3 aromatic rings. The lowest BCUT2D eigenvalue weighted by atomic mass is 10.2. The van der Waals surface area contributed by atoms with Crippen molar-refractivity contribution in [1.82, 2.24) is 4.31 Å². The Morgan fingerprint density at radius 1 is 1.12 bits per heavy atom. The van der Waals surface area contributed by atoms with Gasteiger partial charge in [0, 0.05) is 25.0 Å². The van der Waals surface area contributed by atoms with E-state index in [1.165, 1.54) is 49.5 Å². The van der Waals surface area contributed by atoms with E-state index in [2.05, 4.69) is 0 Å². The third-order valence-corrected chi connectivity index (χ3v) is 5.65. The Kier molecular flexibility index (Phi) is 5.06. The van der Waals surface area contributed by atoms with E-state index in [0.29, 0.717) is 11.0 Å². The van der Waals surface area contributed by atoms with Crippen LogP contribution in [0.5, 0.6) is 5.75 Å². The minimum absolute atomic E-state index is 0.000873. The predicted octanol–water partition coefficient (Wildman–Crippen LogP) is 2.63. The summed E-state index contributed by atoms with van der Waals surface area (Å²) in [6.45, 7) is 0.0394. The Balaban J connectivity index is 1.73. The van der Waals surface area contributed by atoms with Crippen molar-refractivity contribution < 1.29 is 22.0 Å². The molecule has 0 saturated heterocycles. The predicted molar refractivity (Wildman–Crippen MR) is 94.2 cm³/mol. The molecular formula is C18H16FNO5S. The molecule has 0 saturated carbocycles. The first-order valence-electron chi connectivity index (χ1n) is 7.75. The average Bonchev–Trinajstić information content (AvgIpc) is 2.62. The van der Waals surface area contributed by atoms with Gasteiger partial charge >= 0.3 is 5.63 Å². The summed E-state index contributed by atoms with van der Waals surface area (Å²) < 4.78 is 50.2. The second kappa shape index (κ2) is 7.27. The summed E-state index contributed by atoms with van der Waals surface area (Å²) in [6.07, 6.45) is 0. The standard InChI is InChI=1S/C18H16FNO5S/c1-20(10-11-24-17-5-3-2-4-15(17)19)26(22,23)14-7-8-16-13(12-14)6-9-18(21)25-16/h2-9,12H,10-11H2,1H3. The van der Waals surface area contributed by atoms with Gasteiger partial charge in [-0.25, -0.2) is 17.6 Å².